The summed E-state index contributed by atoms with van der Waals surface area (Å²) in [7, 11) is 1.56. The Hall–Kier alpha value is -1.66. The SMILES string of the molecule is COCc1cc(=O)[nH]c(Nc2ccc(Br)cc2)n1. The Morgan fingerprint density at radius 2 is 2.11 bits per heavy atom. The molecule has 0 aliphatic heterocycles. The minimum Gasteiger partial charge on any atom is -0.378 e. The summed E-state index contributed by atoms with van der Waals surface area (Å²) in [6.07, 6.45) is 0. The van der Waals surface area contributed by atoms with Gasteiger partial charge in [-0.1, -0.05) is 15.9 Å². The number of rotatable bonds is 4. The first-order valence-corrected chi connectivity index (χ1v) is 6.08. The lowest BCUT2D eigenvalue weighted by atomic mass is 10.3. The van der Waals surface area contributed by atoms with Crippen LogP contribution in [-0.2, 0) is 11.3 Å². The predicted molar refractivity (Wildman–Crippen MR) is 73.0 cm³/mol. The third-order valence-electron chi connectivity index (χ3n) is 2.19. The third kappa shape index (κ3) is 3.41. The number of benzene rings is 1. The van der Waals surface area contributed by atoms with Gasteiger partial charge in [-0.15, -0.1) is 0 Å². The van der Waals surface area contributed by atoms with Crippen LogP contribution in [0, 0.1) is 0 Å². The molecule has 0 spiro atoms. The Bertz CT molecular complexity index is 581. The van der Waals surface area contributed by atoms with Crippen LogP contribution in [0.5, 0.6) is 0 Å². The van der Waals surface area contributed by atoms with E-state index in [1.54, 1.807) is 7.11 Å². The summed E-state index contributed by atoms with van der Waals surface area (Å²) in [5, 5.41) is 3.03. The molecular formula is C12H12BrN3O2. The molecular weight excluding hydrogens is 298 g/mol. The van der Waals surface area contributed by atoms with E-state index in [2.05, 4.69) is 31.2 Å². The molecule has 18 heavy (non-hydrogen) atoms. The summed E-state index contributed by atoms with van der Waals surface area (Å²) in [6, 6.07) is 8.98. The first-order chi connectivity index (χ1) is 8.67. The van der Waals surface area contributed by atoms with Crippen LogP contribution in [0.1, 0.15) is 5.69 Å². The second-order valence-electron chi connectivity index (χ2n) is 3.65. The lowest BCUT2D eigenvalue weighted by molar-refractivity contribution is 0.181. The van der Waals surface area contributed by atoms with E-state index in [9.17, 15) is 4.79 Å². The molecule has 0 fully saturated rings. The fourth-order valence-corrected chi connectivity index (χ4v) is 1.72. The van der Waals surface area contributed by atoms with Crippen LogP contribution in [-0.4, -0.2) is 17.1 Å². The van der Waals surface area contributed by atoms with E-state index in [-0.39, 0.29) is 5.56 Å². The number of H-pyrrole nitrogens is 1. The molecule has 0 bridgehead atoms. The van der Waals surface area contributed by atoms with Crippen molar-refractivity contribution >= 4 is 27.6 Å². The van der Waals surface area contributed by atoms with Crippen molar-refractivity contribution < 1.29 is 4.74 Å². The van der Waals surface area contributed by atoms with Crippen molar-refractivity contribution in [2.75, 3.05) is 12.4 Å². The van der Waals surface area contributed by atoms with Crippen LogP contribution in [0.25, 0.3) is 0 Å². The lowest BCUT2D eigenvalue weighted by Gasteiger charge is -2.06. The maximum absolute atomic E-state index is 11.4. The Morgan fingerprint density at radius 1 is 1.39 bits per heavy atom. The topological polar surface area (TPSA) is 67.0 Å². The third-order valence-corrected chi connectivity index (χ3v) is 2.72. The van der Waals surface area contributed by atoms with Crippen LogP contribution < -0.4 is 10.9 Å². The van der Waals surface area contributed by atoms with Gasteiger partial charge in [-0.2, -0.15) is 0 Å². The molecule has 1 aromatic carbocycles. The van der Waals surface area contributed by atoms with Gasteiger partial charge in [0.1, 0.15) is 0 Å². The average Bonchev–Trinajstić information content (AvgIpc) is 2.32. The highest BCUT2D eigenvalue weighted by Crippen LogP contribution is 2.16. The van der Waals surface area contributed by atoms with Gasteiger partial charge in [0.25, 0.3) is 5.56 Å². The monoisotopic (exact) mass is 309 g/mol. The van der Waals surface area contributed by atoms with Crippen molar-refractivity contribution in [3.63, 3.8) is 0 Å². The van der Waals surface area contributed by atoms with Crippen molar-refractivity contribution in [3.8, 4) is 0 Å². The molecule has 0 saturated heterocycles. The molecule has 94 valence electrons. The molecule has 5 nitrogen and oxygen atoms in total. The van der Waals surface area contributed by atoms with E-state index in [4.69, 9.17) is 4.74 Å². The van der Waals surface area contributed by atoms with Gasteiger partial charge in [-0.25, -0.2) is 4.98 Å². The summed E-state index contributed by atoms with van der Waals surface area (Å²) < 4.78 is 5.94. The van der Waals surface area contributed by atoms with Crippen LogP contribution in [0.15, 0.2) is 39.6 Å². The fourth-order valence-electron chi connectivity index (χ4n) is 1.46. The van der Waals surface area contributed by atoms with E-state index >= 15 is 0 Å². The van der Waals surface area contributed by atoms with Crippen molar-refractivity contribution in [3.05, 3.63) is 50.9 Å². The molecule has 6 heteroatoms. The maximum Gasteiger partial charge on any atom is 0.252 e. The van der Waals surface area contributed by atoms with Crippen LogP contribution in [0.4, 0.5) is 11.6 Å². The minimum atomic E-state index is -0.211. The molecule has 1 heterocycles. The largest absolute Gasteiger partial charge is 0.378 e. The molecule has 0 amide bonds. The first kappa shape index (κ1) is 12.8. The fraction of sp³-hybridized carbons (Fsp3) is 0.167. The molecule has 0 aliphatic carbocycles. The number of nitrogens with one attached hydrogen (secondary N) is 2. The number of nitrogens with zero attached hydrogens (tertiary/aromatic N) is 1. The van der Waals surface area contributed by atoms with Gasteiger partial charge in [-0.05, 0) is 24.3 Å². The van der Waals surface area contributed by atoms with Gasteiger partial charge in [-0.3, -0.25) is 9.78 Å². The second-order valence-corrected chi connectivity index (χ2v) is 4.57. The molecule has 1 aromatic heterocycles. The van der Waals surface area contributed by atoms with E-state index in [1.807, 2.05) is 24.3 Å². The zero-order valence-corrected chi connectivity index (χ0v) is 11.3. The van der Waals surface area contributed by atoms with Crippen molar-refractivity contribution in [1.29, 1.82) is 0 Å². The summed E-state index contributed by atoms with van der Waals surface area (Å²) in [4.78, 5) is 18.3. The van der Waals surface area contributed by atoms with E-state index in [0.717, 1.165) is 10.2 Å². The zero-order chi connectivity index (χ0) is 13.0. The highest BCUT2D eigenvalue weighted by molar-refractivity contribution is 9.10. The van der Waals surface area contributed by atoms with Crippen LogP contribution in [0.2, 0.25) is 0 Å². The molecule has 0 atom stereocenters. The number of methoxy groups -OCH3 is 1. The molecule has 2 aromatic rings. The molecule has 2 rings (SSSR count). The van der Waals surface area contributed by atoms with Gasteiger partial charge in [0, 0.05) is 23.3 Å². The predicted octanol–water partition coefficient (Wildman–Crippen LogP) is 2.42. The van der Waals surface area contributed by atoms with Crippen LogP contribution in [0.3, 0.4) is 0 Å². The number of ether oxygens (including phenoxy) is 1. The van der Waals surface area contributed by atoms with Crippen molar-refractivity contribution in [1.82, 2.24) is 9.97 Å². The smallest absolute Gasteiger partial charge is 0.252 e. The van der Waals surface area contributed by atoms with Gasteiger partial charge in [0.05, 0.1) is 12.3 Å². The zero-order valence-electron chi connectivity index (χ0n) is 9.74. The Kier molecular flexibility index (Phi) is 4.11. The Labute approximate surface area is 112 Å². The number of anilines is 2. The minimum absolute atomic E-state index is 0.211. The number of hydrogen-bond acceptors (Lipinski definition) is 4. The maximum atomic E-state index is 11.4. The molecule has 0 unspecified atom stereocenters. The number of hydrogen-bond donors (Lipinski definition) is 2. The number of aromatic nitrogens is 2. The molecule has 0 radical (unpaired) electrons. The molecule has 0 saturated carbocycles. The van der Waals surface area contributed by atoms with Gasteiger partial charge in [0.2, 0.25) is 5.95 Å². The molecule has 2 N–H and O–H groups in total. The van der Waals surface area contributed by atoms with E-state index < -0.39 is 0 Å². The summed E-state index contributed by atoms with van der Waals surface area (Å²) >= 11 is 3.36. The normalized spacial score (nSPS) is 10.3. The quantitative estimate of drug-likeness (QED) is 0.910. The number of aromatic amines is 1. The van der Waals surface area contributed by atoms with Gasteiger partial charge >= 0.3 is 0 Å². The molecule has 0 aliphatic rings. The summed E-state index contributed by atoms with van der Waals surface area (Å²) in [6.45, 7) is 0.305. The van der Waals surface area contributed by atoms with Gasteiger partial charge in [0.15, 0.2) is 0 Å². The second kappa shape index (κ2) is 5.79. The Morgan fingerprint density at radius 3 is 2.78 bits per heavy atom. The summed E-state index contributed by atoms with van der Waals surface area (Å²) in [5.74, 6) is 0.400. The van der Waals surface area contributed by atoms with Crippen molar-refractivity contribution in [2.24, 2.45) is 0 Å². The van der Waals surface area contributed by atoms with Gasteiger partial charge < -0.3 is 10.1 Å². The first-order valence-electron chi connectivity index (χ1n) is 5.29. The lowest BCUT2D eigenvalue weighted by Crippen LogP contribution is -2.12. The standard InChI is InChI=1S/C12H12BrN3O2/c1-18-7-10-6-11(17)16-12(15-10)14-9-4-2-8(13)3-5-9/h2-6H,7H2,1H3,(H2,14,15,16,17). The number of halogens is 1. The Balaban J connectivity index is 2.23. The van der Waals surface area contributed by atoms with E-state index in [0.29, 0.717) is 18.2 Å². The van der Waals surface area contributed by atoms with Crippen LogP contribution >= 0.6 is 15.9 Å². The highest BCUT2D eigenvalue weighted by Gasteiger charge is 2.01. The summed E-state index contributed by atoms with van der Waals surface area (Å²) in [5.41, 5.74) is 1.22. The average molecular weight is 310 g/mol. The highest BCUT2D eigenvalue weighted by atomic mass is 79.9. The van der Waals surface area contributed by atoms with E-state index in [1.165, 1.54) is 6.07 Å². The van der Waals surface area contributed by atoms with Crippen molar-refractivity contribution in [2.45, 2.75) is 6.61 Å².